The Morgan fingerprint density at radius 1 is 1.23 bits per heavy atom. The number of hydrogen-bond donors (Lipinski definition) is 1. The molecule has 1 fully saturated rings. The van der Waals surface area contributed by atoms with Gasteiger partial charge in [-0.3, -0.25) is 0 Å². The summed E-state index contributed by atoms with van der Waals surface area (Å²) in [5.41, 5.74) is 2.21. The number of guanidine groups is 1. The Bertz CT molecular complexity index is 845. The maximum absolute atomic E-state index is 5.82. The average Bonchev–Trinajstić information content (AvgIpc) is 2.76. The zero-order valence-electron chi connectivity index (χ0n) is 19.3. The van der Waals surface area contributed by atoms with Crippen molar-refractivity contribution in [3.8, 4) is 5.75 Å². The molecule has 3 rings (SSSR count). The SMILES string of the molecule is CCNC(=NCc1ccc(N2CC(C)OC(C)C2)nc1)N(C)Cc1ccccc1OC. The first-order valence-corrected chi connectivity index (χ1v) is 11.0. The highest BCUT2D eigenvalue weighted by Gasteiger charge is 2.23. The molecule has 1 aliphatic heterocycles. The van der Waals surface area contributed by atoms with Gasteiger partial charge in [0.2, 0.25) is 0 Å². The van der Waals surface area contributed by atoms with Gasteiger partial charge in [-0.1, -0.05) is 24.3 Å². The topological polar surface area (TPSA) is 62.2 Å². The van der Waals surface area contributed by atoms with E-state index in [4.69, 9.17) is 14.5 Å². The summed E-state index contributed by atoms with van der Waals surface area (Å²) in [6.45, 7) is 10.1. The molecule has 2 atom stereocenters. The third-order valence-corrected chi connectivity index (χ3v) is 5.26. The number of anilines is 1. The summed E-state index contributed by atoms with van der Waals surface area (Å²) in [6.07, 6.45) is 2.36. The van der Waals surface area contributed by atoms with Crippen LogP contribution in [-0.4, -0.2) is 61.8 Å². The molecule has 2 unspecified atom stereocenters. The smallest absolute Gasteiger partial charge is 0.194 e. The summed E-state index contributed by atoms with van der Waals surface area (Å²) in [7, 11) is 3.74. The third-order valence-electron chi connectivity index (χ3n) is 5.26. The van der Waals surface area contributed by atoms with E-state index in [0.29, 0.717) is 13.1 Å². The predicted molar refractivity (Wildman–Crippen MR) is 126 cm³/mol. The van der Waals surface area contributed by atoms with E-state index in [1.807, 2.05) is 31.4 Å². The molecule has 1 N–H and O–H groups in total. The van der Waals surface area contributed by atoms with Gasteiger partial charge in [0.05, 0.1) is 25.9 Å². The number of nitrogens with one attached hydrogen (secondary N) is 1. The second kappa shape index (κ2) is 11.0. The van der Waals surface area contributed by atoms with Crippen molar-refractivity contribution in [3.05, 3.63) is 53.7 Å². The van der Waals surface area contributed by atoms with Crippen LogP contribution in [0.4, 0.5) is 5.82 Å². The third kappa shape index (κ3) is 6.34. The summed E-state index contributed by atoms with van der Waals surface area (Å²) < 4.78 is 11.3. The number of morpholine rings is 1. The first-order chi connectivity index (χ1) is 15.0. The van der Waals surface area contributed by atoms with Gasteiger partial charge in [-0.25, -0.2) is 9.98 Å². The van der Waals surface area contributed by atoms with Crippen molar-refractivity contribution >= 4 is 11.8 Å². The first-order valence-electron chi connectivity index (χ1n) is 11.0. The lowest BCUT2D eigenvalue weighted by molar-refractivity contribution is -0.00545. The van der Waals surface area contributed by atoms with Gasteiger partial charge in [0.1, 0.15) is 11.6 Å². The molecule has 0 bridgehead atoms. The van der Waals surface area contributed by atoms with E-state index in [1.165, 1.54) is 0 Å². The Labute approximate surface area is 186 Å². The molecule has 1 saturated heterocycles. The van der Waals surface area contributed by atoms with Gasteiger partial charge >= 0.3 is 0 Å². The largest absolute Gasteiger partial charge is 0.496 e. The van der Waals surface area contributed by atoms with Crippen molar-refractivity contribution in [1.82, 2.24) is 15.2 Å². The molecule has 31 heavy (non-hydrogen) atoms. The molecule has 0 amide bonds. The van der Waals surface area contributed by atoms with Crippen LogP contribution >= 0.6 is 0 Å². The number of aromatic nitrogens is 1. The molecular weight excluding hydrogens is 390 g/mol. The Kier molecular flexibility index (Phi) is 8.12. The molecule has 0 saturated carbocycles. The quantitative estimate of drug-likeness (QED) is 0.543. The number of rotatable bonds is 7. The van der Waals surface area contributed by atoms with E-state index in [9.17, 15) is 0 Å². The lowest BCUT2D eigenvalue weighted by atomic mass is 10.2. The van der Waals surface area contributed by atoms with E-state index in [0.717, 1.165) is 48.3 Å². The lowest BCUT2D eigenvalue weighted by Crippen LogP contribution is -2.45. The van der Waals surface area contributed by atoms with Crippen LogP contribution in [0.25, 0.3) is 0 Å². The van der Waals surface area contributed by atoms with E-state index in [2.05, 4.69) is 59.1 Å². The van der Waals surface area contributed by atoms with Crippen molar-refractivity contribution in [3.63, 3.8) is 0 Å². The van der Waals surface area contributed by atoms with Gasteiger partial charge < -0.3 is 24.6 Å². The standard InChI is InChI=1S/C24H35N5O2/c1-6-25-24(28(4)17-21-9-7-8-10-22(21)30-5)27-14-20-11-12-23(26-13-20)29-15-18(2)31-19(3)16-29/h7-13,18-19H,6,14-17H2,1-5H3,(H,25,27). The minimum Gasteiger partial charge on any atom is -0.496 e. The van der Waals surface area contributed by atoms with Gasteiger partial charge in [0.25, 0.3) is 0 Å². The van der Waals surface area contributed by atoms with Gasteiger partial charge in [-0.15, -0.1) is 0 Å². The van der Waals surface area contributed by atoms with Gasteiger partial charge in [0.15, 0.2) is 5.96 Å². The molecular formula is C24H35N5O2. The molecule has 168 valence electrons. The molecule has 2 heterocycles. The minimum atomic E-state index is 0.219. The number of pyridine rings is 1. The summed E-state index contributed by atoms with van der Waals surface area (Å²) in [6, 6.07) is 12.3. The molecule has 1 aromatic heterocycles. The average molecular weight is 426 g/mol. The highest BCUT2D eigenvalue weighted by atomic mass is 16.5. The number of para-hydroxylation sites is 1. The summed E-state index contributed by atoms with van der Waals surface area (Å²) in [4.78, 5) is 13.9. The van der Waals surface area contributed by atoms with Crippen molar-refractivity contribution in [2.24, 2.45) is 4.99 Å². The van der Waals surface area contributed by atoms with E-state index >= 15 is 0 Å². The highest BCUT2D eigenvalue weighted by Crippen LogP contribution is 2.20. The second-order valence-electron chi connectivity index (χ2n) is 8.03. The van der Waals surface area contributed by atoms with Crippen molar-refractivity contribution < 1.29 is 9.47 Å². The van der Waals surface area contributed by atoms with Crippen molar-refractivity contribution in [1.29, 1.82) is 0 Å². The highest BCUT2D eigenvalue weighted by molar-refractivity contribution is 5.79. The van der Waals surface area contributed by atoms with Crippen molar-refractivity contribution in [2.45, 2.75) is 46.1 Å². The fraction of sp³-hybridized carbons (Fsp3) is 0.500. The fourth-order valence-electron chi connectivity index (χ4n) is 3.86. The zero-order valence-corrected chi connectivity index (χ0v) is 19.3. The Morgan fingerprint density at radius 3 is 2.61 bits per heavy atom. The Hall–Kier alpha value is -2.80. The second-order valence-corrected chi connectivity index (χ2v) is 8.03. The lowest BCUT2D eigenvalue weighted by Gasteiger charge is -2.36. The van der Waals surface area contributed by atoms with E-state index in [1.54, 1.807) is 7.11 Å². The molecule has 2 aromatic rings. The first kappa shape index (κ1) is 22.9. The number of benzene rings is 1. The van der Waals surface area contributed by atoms with E-state index < -0.39 is 0 Å². The maximum Gasteiger partial charge on any atom is 0.194 e. The Morgan fingerprint density at radius 2 is 1.97 bits per heavy atom. The van der Waals surface area contributed by atoms with Gasteiger partial charge in [-0.2, -0.15) is 0 Å². The molecule has 1 aliphatic rings. The van der Waals surface area contributed by atoms with Crippen LogP contribution in [0.2, 0.25) is 0 Å². The van der Waals surface area contributed by atoms with Gasteiger partial charge in [-0.05, 0) is 38.5 Å². The van der Waals surface area contributed by atoms with Crippen LogP contribution in [0, 0.1) is 0 Å². The van der Waals surface area contributed by atoms with Crippen LogP contribution in [-0.2, 0) is 17.8 Å². The van der Waals surface area contributed by atoms with Crippen LogP contribution in [0.1, 0.15) is 31.9 Å². The normalized spacial score (nSPS) is 19.3. The molecule has 7 heteroatoms. The summed E-state index contributed by atoms with van der Waals surface area (Å²) in [5.74, 6) is 2.74. The van der Waals surface area contributed by atoms with Gasteiger partial charge in [0, 0.05) is 45.0 Å². The predicted octanol–water partition coefficient (Wildman–Crippen LogP) is 3.30. The molecule has 0 radical (unpaired) electrons. The summed E-state index contributed by atoms with van der Waals surface area (Å²) in [5, 5.41) is 3.38. The van der Waals surface area contributed by atoms with Crippen LogP contribution < -0.4 is 15.0 Å². The zero-order chi connectivity index (χ0) is 22.2. The fourth-order valence-corrected chi connectivity index (χ4v) is 3.86. The maximum atomic E-state index is 5.82. The Balaban J connectivity index is 1.65. The van der Waals surface area contributed by atoms with Crippen LogP contribution in [0.3, 0.4) is 0 Å². The number of hydrogen-bond acceptors (Lipinski definition) is 5. The molecule has 0 aliphatic carbocycles. The number of nitrogens with zero attached hydrogens (tertiary/aromatic N) is 4. The summed E-state index contributed by atoms with van der Waals surface area (Å²) >= 11 is 0. The number of methoxy groups -OCH3 is 1. The van der Waals surface area contributed by atoms with Crippen LogP contribution in [0.15, 0.2) is 47.6 Å². The number of ether oxygens (including phenoxy) is 2. The van der Waals surface area contributed by atoms with Crippen molar-refractivity contribution in [2.75, 3.05) is 38.7 Å². The molecule has 0 spiro atoms. The van der Waals surface area contributed by atoms with E-state index in [-0.39, 0.29) is 12.2 Å². The van der Waals surface area contributed by atoms with Crippen LogP contribution in [0.5, 0.6) is 5.75 Å². The number of aliphatic imine (C=N–C) groups is 1. The molecule has 1 aromatic carbocycles. The minimum absolute atomic E-state index is 0.219. The molecule has 7 nitrogen and oxygen atoms in total. The monoisotopic (exact) mass is 425 g/mol.